The van der Waals surface area contributed by atoms with Gasteiger partial charge in [0.05, 0.1) is 17.9 Å². The molecule has 0 radical (unpaired) electrons. The molecule has 2 atom stereocenters. The molecule has 0 bridgehead atoms. The van der Waals surface area contributed by atoms with E-state index < -0.39 is 28.1 Å². The van der Waals surface area contributed by atoms with Gasteiger partial charge in [0.1, 0.15) is 5.60 Å². The van der Waals surface area contributed by atoms with Crippen LogP contribution in [0.3, 0.4) is 0 Å². The Labute approximate surface area is 98.0 Å². The number of alkyl carbamates (subject to hydrolysis) is 1. The fourth-order valence-electron chi connectivity index (χ4n) is 1.44. The number of amides is 1. The molecule has 0 aromatic heterocycles. The Morgan fingerprint density at radius 3 is 2.62 bits per heavy atom. The van der Waals surface area contributed by atoms with Crippen LogP contribution in [-0.4, -0.2) is 44.7 Å². The van der Waals surface area contributed by atoms with E-state index in [0.717, 1.165) is 0 Å². The second kappa shape index (κ2) is 4.71. The van der Waals surface area contributed by atoms with Gasteiger partial charge in [-0.05, 0) is 27.2 Å². The molecule has 0 aromatic carbocycles. The number of ether oxygens (including phenoxy) is 1. The van der Waals surface area contributed by atoms with Crippen molar-refractivity contribution in [2.75, 3.05) is 18.1 Å². The van der Waals surface area contributed by atoms with Gasteiger partial charge < -0.3 is 15.2 Å². The van der Waals surface area contributed by atoms with E-state index in [1.807, 2.05) is 0 Å². The second-order valence-corrected chi connectivity index (χ2v) is 6.69. The number of carbonyl (C=O) groups excluding carboxylic acids is 1. The van der Waals surface area contributed by atoms with E-state index >= 15 is 0 Å². The highest BCUT2D eigenvalue weighted by Gasteiger charge is 2.36. The quantitative estimate of drug-likeness (QED) is 0.742. The summed E-state index contributed by atoms with van der Waals surface area (Å²) >= 11 is 0. The van der Waals surface area contributed by atoms with E-state index in [9.17, 15) is 14.1 Å². The number of hydrogen-bond donors (Lipinski definition) is 2. The molecule has 1 fully saturated rings. The first kappa shape index (κ1) is 13.4. The van der Waals surface area contributed by atoms with Gasteiger partial charge >= 0.3 is 6.09 Å². The summed E-state index contributed by atoms with van der Waals surface area (Å²) in [6, 6.07) is 0. The van der Waals surface area contributed by atoms with Crippen molar-refractivity contribution >= 4 is 16.9 Å². The zero-order valence-electron chi connectivity index (χ0n) is 9.91. The fourth-order valence-corrected chi connectivity index (χ4v) is 3.04. The fraction of sp³-hybridized carbons (Fsp3) is 0.900. The van der Waals surface area contributed by atoms with Gasteiger partial charge in [0.25, 0.3) is 0 Å². The zero-order chi connectivity index (χ0) is 12.4. The maximum absolute atomic E-state index is 11.3. The minimum Gasteiger partial charge on any atom is -0.444 e. The molecular weight excluding hydrogens is 230 g/mol. The first-order valence-electron chi connectivity index (χ1n) is 5.24. The summed E-state index contributed by atoms with van der Waals surface area (Å²) in [5.74, 6) is 0.718. The smallest absolute Gasteiger partial charge is 0.407 e. The highest BCUT2D eigenvalue weighted by Crippen LogP contribution is 2.19. The molecule has 1 aliphatic rings. The summed E-state index contributed by atoms with van der Waals surface area (Å²) in [5.41, 5.74) is -1.59. The Bertz CT molecular complexity index is 300. The van der Waals surface area contributed by atoms with E-state index in [1.54, 1.807) is 20.8 Å². The van der Waals surface area contributed by atoms with Crippen LogP contribution >= 0.6 is 0 Å². The third-order valence-electron chi connectivity index (χ3n) is 2.19. The van der Waals surface area contributed by atoms with E-state index in [0.29, 0.717) is 12.2 Å². The first-order chi connectivity index (χ1) is 7.20. The summed E-state index contributed by atoms with van der Waals surface area (Å²) in [5, 5.41) is 12.4. The van der Waals surface area contributed by atoms with Gasteiger partial charge in [-0.15, -0.1) is 0 Å². The van der Waals surface area contributed by atoms with Crippen LogP contribution in [0.5, 0.6) is 0 Å². The van der Waals surface area contributed by atoms with Crippen LogP contribution in [0.4, 0.5) is 4.79 Å². The van der Waals surface area contributed by atoms with Gasteiger partial charge in [0, 0.05) is 16.6 Å². The Kier molecular flexibility index (Phi) is 3.96. The van der Waals surface area contributed by atoms with Crippen LogP contribution < -0.4 is 5.32 Å². The van der Waals surface area contributed by atoms with Gasteiger partial charge in [-0.3, -0.25) is 4.21 Å². The number of aliphatic hydroxyl groups is 1. The first-order valence-corrected chi connectivity index (χ1v) is 6.73. The lowest BCUT2D eigenvalue weighted by atomic mass is 10.0. The Hall–Kier alpha value is -0.620. The van der Waals surface area contributed by atoms with Gasteiger partial charge in [0.2, 0.25) is 0 Å². The maximum atomic E-state index is 11.3. The molecule has 6 heteroatoms. The normalized spacial score (nSPS) is 30.1. The van der Waals surface area contributed by atoms with E-state index in [2.05, 4.69) is 5.32 Å². The Balaban J connectivity index is 2.35. The molecule has 2 N–H and O–H groups in total. The minimum atomic E-state index is -1.04. The van der Waals surface area contributed by atoms with Crippen molar-refractivity contribution in [3.8, 4) is 0 Å². The number of carbonyl (C=O) groups is 1. The summed E-state index contributed by atoms with van der Waals surface area (Å²) in [7, 11) is -0.968. The molecule has 0 spiro atoms. The molecule has 0 aliphatic carbocycles. The molecule has 0 saturated carbocycles. The van der Waals surface area contributed by atoms with Crippen molar-refractivity contribution in [2.45, 2.75) is 38.4 Å². The molecule has 16 heavy (non-hydrogen) atoms. The Morgan fingerprint density at radius 1 is 1.56 bits per heavy atom. The van der Waals surface area contributed by atoms with Gasteiger partial charge in [-0.1, -0.05) is 0 Å². The lowest BCUT2D eigenvalue weighted by Crippen LogP contribution is -2.45. The van der Waals surface area contributed by atoms with Gasteiger partial charge in [-0.2, -0.15) is 0 Å². The monoisotopic (exact) mass is 249 g/mol. The van der Waals surface area contributed by atoms with E-state index in [4.69, 9.17) is 4.74 Å². The molecule has 94 valence electrons. The molecule has 1 saturated heterocycles. The molecule has 1 rings (SSSR count). The van der Waals surface area contributed by atoms with E-state index in [-0.39, 0.29) is 12.3 Å². The van der Waals surface area contributed by atoms with Crippen molar-refractivity contribution in [3.63, 3.8) is 0 Å². The topological polar surface area (TPSA) is 75.6 Å². The minimum absolute atomic E-state index is 0.0909. The molecule has 1 aliphatic heterocycles. The number of hydrogen-bond acceptors (Lipinski definition) is 4. The van der Waals surface area contributed by atoms with Crippen molar-refractivity contribution in [1.82, 2.24) is 5.32 Å². The standard InChI is InChI=1S/C10H19NO4S/c1-9(2,3)15-8(12)11-6-10(13)4-5-16(14)7-10/h13H,4-7H2,1-3H3,(H,11,12)/t10-,16+/m0/s1. The van der Waals surface area contributed by atoms with Crippen LogP contribution in [0.25, 0.3) is 0 Å². The van der Waals surface area contributed by atoms with Crippen LogP contribution in [0.1, 0.15) is 27.2 Å². The lowest BCUT2D eigenvalue weighted by Gasteiger charge is -2.24. The number of rotatable bonds is 2. The third-order valence-corrected chi connectivity index (χ3v) is 3.70. The second-order valence-electron chi connectivity index (χ2n) is 5.12. The summed E-state index contributed by atoms with van der Waals surface area (Å²) in [6.07, 6.45) is -0.103. The van der Waals surface area contributed by atoms with Gasteiger partial charge in [-0.25, -0.2) is 4.79 Å². The molecule has 1 heterocycles. The van der Waals surface area contributed by atoms with E-state index in [1.165, 1.54) is 0 Å². The maximum Gasteiger partial charge on any atom is 0.407 e. The lowest BCUT2D eigenvalue weighted by molar-refractivity contribution is 0.0360. The predicted octanol–water partition coefficient (Wildman–Crippen LogP) is 0.395. The SMILES string of the molecule is CC(C)(C)OC(=O)NC[C@@]1(O)CC[S@@](=O)C1. The molecule has 5 nitrogen and oxygen atoms in total. The highest BCUT2D eigenvalue weighted by molar-refractivity contribution is 7.85. The van der Waals surface area contributed by atoms with Crippen molar-refractivity contribution in [2.24, 2.45) is 0 Å². The summed E-state index contributed by atoms with van der Waals surface area (Å²) in [6.45, 7) is 5.40. The predicted molar refractivity (Wildman–Crippen MR) is 61.7 cm³/mol. The molecule has 0 unspecified atom stereocenters. The highest BCUT2D eigenvalue weighted by atomic mass is 32.2. The van der Waals surface area contributed by atoms with Crippen LogP contribution in [-0.2, 0) is 15.5 Å². The molecule has 1 amide bonds. The zero-order valence-corrected chi connectivity index (χ0v) is 10.7. The summed E-state index contributed by atoms with van der Waals surface area (Å²) < 4.78 is 16.2. The molecule has 0 aromatic rings. The Morgan fingerprint density at radius 2 is 2.19 bits per heavy atom. The summed E-state index contributed by atoms with van der Waals surface area (Å²) in [4.78, 5) is 11.3. The van der Waals surface area contributed by atoms with Crippen molar-refractivity contribution in [3.05, 3.63) is 0 Å². The third kappa shape index (κ3) is 4.49. The molecular formula is C10H19NO4S. The number of nitrogens with one attached hydrogen (secondary N) is 1. The average Bonchev–Trinajstić information content (AvgIpc) is 2.41. The van der Waals surface area contributed by atoms with Crippen molar-refractivity contribution in [1.29, 1.82) is 0 Å². The van der Waals surface area contributed by atoms with Crippen LogP contribution in [0, 0.1) is 0 Å². The average molecular weight is 249 g/mol. The van der Waals surface area contributed by atoms with Gasteiger partial charge in [0.15, 0.2) is 0 Å². The van der Waals surface area contributed by atoms with Crippen LogP contribution in [0.15, 0.2) is 0 Å². The van der Waals surface area contributed by atoms with Crippen LogP contribution in [0.2, 0.25) is 0 Å². The van der Waals surface area contributed by atoms with Crippen molar-refractivity contribution < 1.29 is 18.8 Å². The largest absolute Gasteiger partial charge is 0.444 e.